The molecule has 0 amide bonds. The first-order valence-corrected chi connectivity index (χ1v) is 6.20. The molecule has 0 rings (SSSR count). The monoisotopic (exact) mass is 236 g/mol. The fourth-order valence-corrected chi connectivity index (χ4v) is 1.22. The molecule has 2 nitrogen and oxygen atoms in total. The summed E-state index contributed by atoms with van der Waals surface area (Å²) in [5.41, 5.74) is -0.104. The highest BCUT2D eigenvalue weighted by atomic mass is 16.5. The van der Waals surface area contributed by atoms with Crippen LogP contribution in [-0.4, -0.2) is 12.1 Å². The van der Waals surface area contributed by atoms with Crippen LogP contribution in [0.3, 0.4) is 0 Å². The molecule has 0 aliphatic rings. The topological polar surface area (TPSA) is 26.3 Å². The molecule has 2 heteroatoms. The van der Waals surface area contributed by atoms with Gasteiger partial charge >= 0.3 is 5.97 Å². The van der Waals surface area contributed by atoms with Crippen LogP contribution in [0.25, 0.3) is 0 Å². The summed E-state index contributed by atoms with van der Waals surface area (Å²) in [6.07, 6.45) is 6.65. The van der Waals surface area contributed by atoms with Crippen molar-refractivity contribution in [2.45, 2.75) is 60.0 Å². The van der Waals surface area contributed by atoms with Crippen LogP contribution >= 0.6 is 0 Å². The van der Waals surface area contributed by atoms with Crippen molar-refractivity contribution in [1.82, 2.24) is 0 Å². The van der Waals surface area contributed by atoms with Crippen molar-refractivity contribution < 1.29 is 9.53 Å². The van der Waals surface area contributed by atoms with Crippen molar-refractivity contribution in [2.24, 2.45) is 5.41 Å². The molecule has 0 heterocycles. The number of esters is 1. The van der Waals surface area contributed by atoms with Crippen LogP contribution in [0.1, 0.15) is 53.9 Å². The summed E-state index contributed by atoms with van der Waals surface area (Å²) in [6, 6.07) is 0. The second-order valence-corrected chi connectivity index (χ2v) is 5.18. The number of unbranched alkanes of at least 4 members (excludes halogenated alkanes) is 2. The average molecular weight is 236 g/mol. The summed E-state index contributed by atoms with van der Waals surface area (Å²) in [6.45, 7) is 9.69. The number of hydrogen-bond donors (Lipinski definition) is 0. The van der Waals surface area contributed by atoms with Gasteiger partial charge in [0.1, 0.15) is 6.10 Å². The summed E-state index contributed by atoms with van der Waals surface area (Å²) < 4.78 is 5.25. The fourth-order valence-electron chi connectivity index (χ4n) is 1.22. The summed E-state index contributed by atoms with van der Waals surface area (Å²) in [5.74, 6) is 5.79. The van der Waals surface area contributed by atoms with Gasteiger partial charge in [0.05, 0.1) is 0 Å². The van der Waals surface area contributed by atoms with Gasteiger partial charge in [0, 0.05) is 18.8 Å². The third-order valence-electron chi connectivity index (χ3n) is 2.26. The Kier molecular flexibility index (Phi) is 7.37. The quantitative estimate of drug-likeness (QED) is 0.422. The highest BCUT2D eigenvalue weighted by molar-refractivity contribution is 5.66. The molecule has 0 spiro atoms. The van der Waals surface area contributed by atoms with E-state index in [1.54, 1.807) is 6.08 Å². The van der Waals surface area contributed by atoms with Crippen molar-refractivity contribution in [2.75, 3.05) is 0 Å². The zero-order chi connectivity index (χ0) is 13.3. The number of ether oxygens (including phenoxy) is 1. The van der Waals surface area contributed by atoms with Crippen molar-refractivity contribution in [3.63, 3.8) is 0 Å². The van der Waals surface area contributed by atoms with Gasteiger partial charge < -0.3 is 4.74 Å². The van der Waals surface area contributed by atoms with Gasteiger partial charge in [-0.3, -0.25) is 4.79 Å². The standard InChI is InChI=1S/C15H24O2/c1-6-7-8-9-10-11-12-14(15(3,4)5)17-13(2)16/h11-12,14H,6-8H2,1-5H3/b12-11+. The molecule has 0 saturated carbocycles. The van der Waals surface area contributed by atoms with E-state index in [-0.39, 0.29) is 17.5 Å². The Morgan fingerprint density at radius 1 is 1.41 bits per heavy atom. The fraction of sp³-hybridized carbons (Fsp3) is 0.667. The molecule has 17 heavy (non-hydrogen) atoms. The van der Waals surface area contributed by atoms with E-state index in [1.807, 2.05) is 26.8 Å². The van der Waals surface area contributed by atoms with E-state index in [0.29, 0.717) is 0 Å². The molecule has 0 aromatic heterocycles. The summed E-state index contributed by atoms with van der Waals surface area (Å²) in [7, 11) is 0. The van der Waals surface area contributed by atoms with Gasteiger partial charge in [0.2, 0.25) is 0 Å². The maximum absolute atomic E-state index is 11.0. The minimum Gasteiger partial charge on any atom is -0.458 e. The molecule has 0 N–H and O–H groups in total. The Hall–Kier alpha value is -1.23. The second-order valence-electron chi connectivity index (χ2n) is 5.18. The number of carbonyl (C=O) groups excluding carboxylic acids is 1. The molecule has 0 radical (unpaired) electrons. The second kappa shape index (κ2) is 7.95. The largest absolute Gasteiger partial charge is 0.458 e. The lowest BCUT2D eigenvalue weighted by Gasteiger charge is -2.27. The number of hydrogen-bond acceptors (Lipinski definition) is 2. The Bertz CT molecular complexity index is 310. The molecule has 0 fully saturated rings. The zero-order valence-electron chi connectivity index (χ0n) is 11.7. The van der Waals surface area contributed by atoms with Gasteiger partial charge in [0.15, 0.2) is 0 Å². The SMILES string of the molecule is CCCCC#C/C=C/C(OC(C)=O)C(C)(C)C. The molecule has 0 aromatic carbocycles. The van der Waals surface area contributed by atoms with E-state index in [4.69, 9.17) is 4.74 Å². The predicted molar refractivity (Wildman–Crippen MR) is 71.5 cm³/mol. The van der Waals surface area contributed by atoms with Crippen molar-refractivity contribution >= 4 is 5.97 Å². The van der Waals surface area contributed by atoms with E-state index in [2.05, 4.69) is 18.8 Å². The van der Waals surface area contributed by atoms with Gasteiger partial charge in [-0.1, -0.05) is 46.0 Å². The molecular formula is C15H24O2. The van der Waals surface area contributed by atoms with Gasteiger partial charge in [-0.15, -0.1) is 0 Å². The van der Waals surface area contributed by atoms with Crippen LogP contribution in [-0.2, 0) is 9.53 Å². The van der Waals surface area contributed by atoms with E-state index in [0.717, 1.165) is 19.3 Å². The third kappa shape index (κ3) is 8.56. The van der Waals surface area contributed by atoms with E-state index in [9.17, 15) is 4.79 Å². The summed E-state index contributed by atoms with van der Waals surface area (Å²) >= 11 is 0. The van der Waals surface area contributed by atoms with Crippen molar-refractivity contribution in [1.29, 1.82) is 0 Å². The van der Waals surface area contributed by atoms with Gasteiger partial charge in [-0.25, -0.2) is 0 Å². The first kappa shape index (κ1) is 15.8. The third-order valence-corrected chi connectivity index (χ3v) is 2.26. The highest BCUT2D eigenvalue weighted by Gasteiger charge is 2.24. The Morgan fingerprint density at radius 3 is 2.53 bits per heavy atom. The predicted octanol–water partition coefficient (Wildman–Crippen LogP) is 3.71. The molecule has 0 saturated heterocycles. The summed E-state index contributed by atoms with van der Waals surface area (Å²) in [5, 5.41) is 0. The molecule has 0 aliphatic carbocycles. The van der Waals surface area contributed by atoms with Gasteiger partial charge in [0.25, 0.3) is 0 Å². The van der Waals surface area contributed by atoms with Crippen LogP contribution in [0.4, 0.5) is 0 Å². The maximum atomic E-state index is 11.0. The van der Waals surface area contributed by atoms with E-state index < -0.39 is 0 Å². The maximum Gasteiger partial charge on any atom is 0.303 e. The number of rotatable bonds is 4. The lowest BCUT2D eigenvalue weighted by atomic mass is 9.88. The van der Waals surface area contributed by atoms with Crippen LogP contribution in [0.2, 0.25) is 0 Å². The minimum absolute atomic E-state index is 0.104. The van der Waals surface area contributed by atoms with E-state index >= 15 is 0 Å². The van der Waals surface area contributed by atoms with Gasteiger partial charge in [-0.05, 0) is 18.6 Å². The molecule has 0 aromatic rings. The molecule has 96 valence electrons. The average Bonchev–Trinajstić information content (AvgIpc) is 2.19. The number of carbonyl (C=O) groups is 1. The van der Waals surface area contributed by atoms with Crippen molar-refractivity contribution in [3.05, 3.63) is 12.2 Å². The first-order valence-electron chi connectivity index (χ1n) is 6.20. The highest BCUT2D eigenvalue weighted by Crippen LogP contribution is 2.23. The lowest BCUT2D eigenvalue weighted by molar-refractivity contribution is -0.148. The minimum atomic E-state index is -0.256. The number of allylic oxidation sites excluding steroid dienone is 1. The Labute approximate surface area is 105 Å². The van der Waals surface area contributed by atoms with Crippen LogP contribution < -0.4 is 0 Å². The first-order chi connectivity index (χ1) is 7.88. The van der Waals surface area contributed by atoms with Crippen LogP contribution in [0.5, 0.6) is 0 Å². The zero-order valence-corrected chi connectivity index (χ0v) is 11.7. The van der Waals surface area contributed by atoms with Crippen LogP contribution in [0, 0.1) is 17.3 Å². The molecular weight excluding hydrogens is 212 g/mol. The van der Waals surface area contributed by atoms with Gasteiger partial charge in [-0.2, -0.15) is 0 Å². The molecule has 0 bridgehead atoms. The lowest BCUT2D eigenvalue weighted by Crippen LogP contribution is -2.29. The smallest absolute Gasteiger partial charge is 0.303 e. The molecule has 1 atom stereocenters. The molecule has 1 unspecified atom stereocenters. The Balaban J connectivity index is 4.37. The summed E-state index contributed by atoms with van der Waals surface area (Å²) in [4.78, 5) is 11.0. The van der Waals surface area contributed by atoms with Crippen LogP contribution in [0.15, 0.2) is 12.2 Å². The molecule has 0 aliphatic heterocycles. The normalized spacial score (nSPS) is 13.0. The van der Waals surface area contributed by atoms with E-state index in [1.165, 1.54) is 6.92 Å². The van der Waals surface area contributed by atoms with Crippen molar-refractivity contribution in [3.8, 4) is 11.8 Å². The Morgan fingerprint density at radius 2 is 2.06 bits per heavy atom.